The van der Waals surface area contributed by atoms with Gasteiger partial charge in [0, 0.05) is 23.5 Å². The summed E-state index contributed by atoms with van der Waals surface area (Å²) in [6, 6.07) is 8.13. The third-order valence-electron chi connectivity index (χ3n) is 5.01. The maximum atomic E-state index is 12.6. The molecule has 24 heavy (non-hydrogen) atoms. The van der Waals surface area contributed by atoms with Crippen molar-refractivity contribution in [3.05, 3.63) is 35.4 Å². The van der Waals surface area contributed by atoms with Crippen molar-refractivity contribution in [2.24, 2.45) is 10.9 Å². The first kappa shape index (κ1) is 16.7. The Morgan fingerprint density at radius 3 is 2.88 bits per heavy atom. The molecule has 2 aliphatic heterocycles. The molecule has 2 heterocycles. The zero-order chi connectivity index (χ0) is 17.3. The van der Waals surface area contributed by atoms with Crippen LogP contribution in [0.1, 0.15) is 32.8 Å². The Hall–Kier alpha value is -2.14. The Morgan fingerprint density at radius 2 is 2.17 bits per heavy atom. The summed E-state index contributed by atoms with van der Waals surface area (Å²) < 4.78 is 0. The van der Waals surface area contributed by atoms with Crippen LogP contribution in [0.25, 0.3) is 5.70 Å². The van der Waals surface area contributed by atoms with E-state index in [2.05, 4.69) is 47.4 Å². The van der Waals surface area contributed by atoms with Crippen molar-refractivity contribution in [2.75, 3.05) is 18.9 Å². The maximum Gasteiger partial charge on any atom is 0.241 e. The van der Waals surface area contributed by atoms with Crippen molar-refractivity contribution < 1.29 is 4.79 Å². The van der Waals surface area contributed by atoms with Gasteiger partial charge in [-0.05, 0) is 50.9 Å². The highest BCUT2D eigenvalue weighted by Gasteiger charge is 2.32. The molecule has 3 atom stereocenters. The van der Waals surface area contributed by atoms with Crippen molar-refractivity contribution in [2.45, 2.75) is 39.3 Å². The third kappa shape index (κ3) is 3.36. The van der Waals surface area contributed by atoms with Gasteiger partial charge in [-0.3, -0.25) is 14.7 Å². The number of anilines is 1. The minimum atomic E-state index is -0.0374. The van der Waals surface area contributed by atoms with E-state index in [1.165, 1.54) is 5.57 Å². The van der Waals surface area contributed by atoms with Gasteiger partial charge in [0.1, 0.15) is 0 Å². The molecule has 3 rings (SSSR count). The summed E-state index contributed by atoms with van der Waals surface area (Å²) in [5.41, 5.74) is 4.17. The first-order valence-electron chi connectivity index (χ1n) is 8.56. The second-order valence-electron chi connectivity index (χ2n) is 7.02. The SMILES string of the molecule is CC1=C(c2cccc(NC(=O)C3CC(C)CN3C)c2)NC=NC1C. The highest BCUT2D eigenvalue weighted by Crippen LogP contribution is 2.25. The van der Waals surface area contributed by atoms with Crippen LogP contribution in [0.5, 0.6) is 0 Å². The maximum absolute atomic E-state index is 12.6. The van der Waals surface area contributed by atoms with Crippen LogP contribution < -0.4 is 10.6 Å². The molecule has 0 aliphatic carbocycles. The average molecular weight is 326 g/mol. The van der Waals surface area contributed by atoms with Gasteiger partial charge in [-0.25, -0.2) is 0 Å². The molecule has 2 aliphatic rings. The van der Waals surface area contributed by atoms with E-state index in [0.29, 0.717) is 5.92 Å². The topological polar surface area (TPSA) is 56.7 Å². The number of amides is 1. The summed E-state index contributed by atoms with van der Waals surface area (Å²) in [6.45, 7) is 7.33. The van der Waals surface area contributed by atoms with E-state index in [-0.39, 0.29) is 18.0 Å². The van der Waals surface area contributed by atoms with Gasteiger partial charge in [0.05, 0.1) is 18.4 Å². The van der Waals surface area contributed by atoms with Crippen molar-refractivity contribution >= 4 is 23.6 Å². The summed E-state index contributed by atoms with van der Waals surface area (Å²) in [4.78, 5) is 19.1. The lowest BCUT2D eigenvalue weighted by atomic mass is 10.0. The number of likely N-dealkylation sites (N-methyl/N-ethyl adjacent to an activating group) is 1. The number of rotatable bonds is 3. The van der Waals surface area contributed by atoms with Crippen LogP contribution in [0, 0.1) is 5.92 Å². The van der Waals surface area contributed by atoms with Crippen molar-refractivity contribution in [1.82, 2.24) is 10.2 Å². The highest BCUT2D eigenvalue weighted by molar-refractivity contribution is 5.95. The van der Waals surface area contributed by atoms with Crippen LogP contribution in [-0.4, -0.2) is 42.8 Å². The third-order valence-corrected chi connectivity index (χ3v) is 5.01. The fourth-order valence-electron chi connectivity index (χ4n) is 3.50. The van der Waals surface area contributed by atoms with Crippen molar-refractivity contribution in [1.29, 1.82) is 0 Å². The molecule has 1 amide bonds. The molecule has 1 aromatic carbocycles. The minimum absolute atomic E-state index is 0.0374. The van der Waals surface area contributed by atoms with Crippen LogP contribution in [0.15, 0.2) is 34.8 Å². The Kier molecular flexibility index (Phi) is 4.71. The number of nitrogens with one attached hydrogen (secondary N) is 2. The van der Waals surface area contributed by atoms with E-state index < -0.39 is 0 Å². The largest absolute Gasteiger partial charge is 0.346 e. The molecule has 0 saturated carbocycles. The number of aliphatic imine (C=N–C) groups is 1. The second kappa shape index (κ2) is 6.77. The smallest absolute Gasteiger partial charge is 0.241 e. The molecule has 3 unspecified atom stereocenters. The first-order chi connectivity index (χ1) is 11.5. The number of carbonyl (C=O) groups is 1. The van der Waals surface area contributed by atoms with Crippen LogP contribution in [0.3, 0.4) is 0 Å². The van der Waals surface area contributed by atoms with Gasteiger partial charge in [-0.1, -0.05) is 19.1 Å². The van der Waals surface area contributed by atoms with Gasteiger partial charge < -0.3 is 10.6 Å². The van der Waals surface area contributed by atoms with Gasteiger partial charge in [0.2, 0.25) is 5.91 Å². The predicted octanol–water partition coefficient (Wildman–Crippen LogP) is 2.72. The van der Waals surface area contributed by atoms with Crippen LogP contribution in [0.4, 0.5) is 5.69 Å². The zero-order valence-corrected chi connectivity index (χ0v) is 14.8. The van der Waals surface area contributed by atoms with Gasteiger partial charge >= 0.3 is 0 Å². The fourth-order valence-corrected chi connectivity index (χ4v) is 3.50. The van der Waals surface area contributed by atoms with Gasteiger partial charge in [-0.2, -0.15) is 0 Å². The molecule has 1 aromatic rings. The number of hydrogen-bond acceptors (Lipinski definition) is 4. The number of hydrogen-bond donors (Lipinski definition) is 2. The molecule has 1 fully saturated rings. The molecule has 0 radical (unpaired) electrons. The fraction of sp³-hybridized carbons (Fsp3) is 0.474. The molecule has 0 spiro atoms. The number of nitrogens with zero attached hydrogens (tertiary/aromatic N) is 2. The van der Waals surface area contributed by atoms with E-state index in [0.717, 1.165) is 29.9 Å². The summed E-state index contributed by atoms with van der Waals surface area (Å²) >= 11 is 0. The Morgan fingerprint density at radius 1 is 1.38 bits per heavy atom. The summed E-state index contributed by atoms with van der Waals surface area (Å²) in [5, 5.41) is 6.31. The van der Waals surface area contributed by atoms with E-state index in [1.807, 2.05) is 25.2 Å². The van der Waals surface area contributed by atoms with Gasteiger partial charge in [-0.15, -0.1) is 0 Å². The second-order valence-corrected chi connectivity index (χ2v) is 7.02. The molecular weight excluding hydrogens is 300 g/mol. The Bertz CT molecular complexity index is 694. The number of likely N-dealkylation sites (tertiary alicyclic amines) is 1. The molecule has 5 heteroatoms. The van der Waals surface area contributed by atoms with E-state index >= 15 is 0 Å². The van der Waals surface area contributed by atoms with E-state index in [4.69, 9.17) is 0 Å². The van der Waals surface area contributed by atoms with Crippen LogP contribution in [0.2, 0.25) is 0 Å². The van der Waals surface area contributed by atoms with Crippen LogP contribution in [-0.2, 0) is 4.79 Å². The normalized spacial score (nSPS) is 27.2. The number of benzene rings is 1. The number of carbonyl (C=O) groups excluding carboxylic acids is 1. The molecule has 5 nitrogen and oxygen atoms in total. The minimum Gasteiger partial charge on any atom is -0.346 e. The van der Waals surface area contributed by atoms with Crippen molar-refractivity contribution in [3.63, 3.8) is 0 Å². The highest BCUT2D eigenvalue weighted by atomic mass is 16.2. The Balaban J connectivity index is 1.77. The first-order valence-corrected chi connectivity index (χ1v) is 8.56. The molecule has 1 saturated heterocycles. The van der Waals surface area contributed by atoms with E-state index in [9.17, 15) is 4.79 Å². The summed E-state index contributed by atoms with van der Waals surface area (Å²) in [6.07, 6.45) is 2.66. The molecule has 2 N–H and O–H groups in total. The predicted molar refractivity (Wildman–Crippen MR) is 99.0 cm³/mol. The quantitative estimate of drug-likeness (QED) is 0.898. The summed E-state index contributed by atoms with van der Waals surface area (Å²) in [7, 11) is 2.02. The summed E-state index contributed by atoms with van der Waals surface area (Å²) in [5.74, 6) is 0.647. The molecule has 0 bridgehead atoms. The average Bonchev–Trinajstić information content (AvgIpc) is 2.89. The van der Waals surface area contributed by atoms with Gasteiger partial charge in [0.15, 0.2) is 0 Å². The molecule has 128 valence electrons. The van der Waals surface area contributed by atoms with Crippen molar-refractivity contribution in [3.8, 4) is 0 Å². The standard InChI is InChI=1S/C19H26N4O/c1-12-8-17(23(4)10-12)19(24)22-16-7-5-6-15(9-16)18-13(2)14(3)20-11-21-18/h5-7,9,11-12,14,17H,8,10H2,1-4H3,(H,20,21)(H,22,24). The lowest BCUT2D eigenvalue weighted by molar-refractivity contribution is -0.119. The molecule has 0 aromatic heterocycles. The zero-order valence-electron chi connectivity index (χ0n) is 14.8. The molecular formula is C19H26N4O. The van der Waals surface area contributed by atoms with Crippen LogP contribution >= 0.6 is 0 Å². The Labute approximate surface area is 143 Å². The monoisotopic (exact) mass is 326 g/mol. The van der Waals surface area contributed by atoms with Gasteiger partial charge in [0.25, 0.3) is 0 Å². The lowest BCUT2D eigenvalue weighted by Gasteiger charge is -2.21. The lowest BCUT2D eigenvalue weighted by Crippen LogP contribution is -2.37. The van der Waals surface area contributed by atoms with E-state index in [1.54, 1.807) is 6.34 Å².